The maximum absolute atomic E-state index is 10.8. The second-order valence-electron chi connectivity index (χ2n) is 4.36. The molecule has 0 unspecified atom stereocenters. The van der Waals surface area contributed by atoms with Crippen molar-refractivity contribution in [2.45, 2.75) is 19.8 Å². The number of nitrogens with zero attached hydrogens (tertiary/aromatic N) is 2. The van der Waals surface area contributed by atoms with E-state index in [1.807, 2.05) is 24.3 Å². The topological polar surface area (TPSA) is 75.4 Å². The summed E-state index contributed by atoms with van der Waals surface area (Å²) in [5.74, 6) is -1.21. The van der Waals surface area contributed by atoms with E-state index in [2.05, 4.69) is 18.9 Å². The number of carboxylic acid groups (broad SMARTS) is 1. The van der Waals surface area contributed by atoms with E-state index < -0.39 is 5.97 Å². The largest absolute Gasteiger partial charge is 0.504 e. The molecule has 1 aromatic heterocycles. The van der Waals surface area contributed by atoms with Crippen molar-refractivity contribution < 1.29 is 15.0 Å². The molecule has 0 radical (unpaired) electrons. The van der Waals surface area contributed by atoms with Gasteiger partial charge in [0, 0.05) is 0 Å². The Labute approximate surface area is 104 Å². The highest BCUT2D eigenvalue weighted by atomic mass is 16.4. The standard InChI is InChI=1S/C13H14N2O3/c1-8(2)9-4-3-5-10(6-9)15-7-11(16)12(14-15)13(17)18/h3-8,16H,1-2H3,(H,17,18). The van der Waals surface area contributed by atoms with Crippen LogP contribution < -0.4 is 0 Å². The van der Waals surface area contributed by atoms with Gasteiger partial charge in [0.25, 0.3) is 0 Å². The molecular formula is C13H14N2O3. The Balaban J connectivity index is 2.45. The van der Waals surface area contributed by atoms with Crippen LogP contribution in [0.2, 0.25) is 0 Å². The normalized spacial score (nSPS) is 10.8. The number of aromatic hydroxyl groups is 1. The highest BCUT2D eigenvalue weighted by Gasteiger charge is 2.15. The fourth-order valence-corrected chi connectivity index (χ4v) is 1.68. The third-order valence-corrected chi connectivity index (χ3v) is 2.70. The van der Waals surface area contributed by atoms with E-state index in [-0.39, 0.29) is 11.4 Å². The summed E-state index contributed by atoms with van der Waals surface area (Å²) < 4.78 is 1.37. The van der Waals surface area contributed by atoms with Crippen molar-refractivity contribution >= 4 is 5.97 Å². The van der Waals surface area contributed by atoms with E-state index in [1.165, 1.54) is 10.9 Å². The van der Waals surface area contributed by atoms with Gasteiger partial charge in [0.15, 0.2) is 5.75 Å². The Hall–Kier alpha value is -2.30. The first-order valence-electron chi connectivity index (χ1n) is 5.61. The van der Waals surface area contributed by atoms with Crippen LogP contribution in [0.15, 0.2) is 30.5 Å². The first-order chi connectivity index (χ1) is 8.49. The third-order valence-electron chi connectivity index (χ3n) is 2.70. The monoisotopic (exact) mass is 246 g/mol. The fraction of sp³-hybridized carbons (Fsp3) is 0.231. The maximum atomic E-state index is 10.8. The molecule has 94 valence electrons. The van der Waals surface area contributed by atoms with Crippen LogP contribution in [0, 0.1) is 0 Å². The van der Waals surface area contributed by atoms with Crippen LogP contribution in [0.1, 0.15) is 35.8 Å². The molecule has 2 rings (SSSR count). The quantitative estimate of drug-likeness (QED) is 0.872. The molecule has 0 bridgehead atoms. The fourth-order valence-electron chi connectivity index (χ4n) is 1.68. The number of aromatic carboxylic acids is 1. The lowest BCUT2D eigenvalue weighted by Crippen LogP contribution is -2.01. The Morgan fingerprint density at radius 1 is 1.39 bits per heavy atom. The number of carbonyl (C=O) groups is 1. The van der Waals surface area contributed by atoms with E-state index in [9.17, 15) is 9.90 Å². The van der Waals surface area contributed by atoms with Gasteiger partial charge in [-0.05, 0) is 23.6 Å². The van der Waals surface area contributed by atoms with Crippen molar-refractivity contribution in [3.8, 4) is 11.4 Å². The van der Waals surface area contributed by atoms with Gasteiger partial charge in [0.05, 0.1) is 11.9 Å². The van der Waals surface area contributed by atoms with Crippen molar-refractivity contribution in [2.75, 3.05) is 0 Å². The average molecular weight is 246 g/mol. The van der Waals surface area contributed by atoms with E-state index >= 15 is 0 Å². The smallest absolute Gasteiger partial charge is 0.360 e. The first-order valence-corrected chi connectivity index (χ1v) is 5.61. The van der Waals surface area contributed by atoms with Crippen LogP contribution in [0.3, 0.4) is 0 Å². The van der Waals surface area contributed by atoms with Gasteiger partial charge in [0.1, 0.15) is 0 Å². The molecule has 0 aliphatic carbocycles. The van der Waals surface area contributed by atoms with Crippen LogP contribution in [-0.4, -0.2) is 26.0 Å². The second kappa shape index (κ2) is 4.52. The summed E-state index contributed by atoms with van der Waals surface area (Å²) >= 11 is 0. The molecule has 18 heavy (non-hydrogen) atoms. The summed E-state index contributed by atoms with van der Waals surface area (Å²) in [4.78, 5) is 10.8. The molecule has 0 aliphatic heterocycles. The van der Waals surface area contributed by atoms with Crippen LogP contribution in [0.4, 0.5) is 0 Å². The zero-order valence-corrected chi connectivity index (χ0v) is 10.2. The van der Waals surface area contributed by atoms with Crippen molar-refractivity contribution in [3.63, 3.8) is 0 Å². The number of rotatable bonds is 3. The minimum atomic E-state index is -1.24. The molecule has 1 heterocycles. The lowest BCUT2D eigenvalue weighted by molar-refractivity contribution is 0.0687. The van der Waals surface area contributed by atoms with E-state index in [1.54, 1.807) is 0 Å². The second-order valence-corrected chi connectivity index (χ2v) is 4.36. The van der Waals surface area contributed by atoms with Gasteiger partial charge >= 0.3 is 5.97 Å². The summed E-state index contributed by atoms with van der Waals surface area (Å²) in [5, 5.41) is 22.2. The zero-order valence-electron chi connectivity index (χ0n) is 10.2. The predicted octanol–water partition coefficient (Wildman–Crippen LogP) is 2.40. The maximum Gasteiger partial charge on any atom is 0.360 e. The summed E-state index contributed by atoms with van der Waals surface area (Å²) in [6.07, 6.45) is 1.29. The van der Waals surface area contributed by atoms with Crippen LogP contribution in [-0.2, 0) is 0 Å². The minimum Gasteiger partial charge on any atom is -0.504 e. The van der Waals surface area contributed by atoms with Gasteiger partial charge < -0.3 is 10.2 Å². The van der Waals surface area contributed by atoms with E-state index in [0.717, 1.165) is 11.3 Å². The number of hydrogen-bond donors (Lipinski definition) is 2. The number of hydrogen-bond acceptors (Lipinski definition) is 3. The van der Waals surface area contributed by atoms with Gasteiger partial charge in [-0.1, -0.05) is 26.0 Å². The van der Waals surface area contributed by atoms with E-state index in [0.29, 0.717) is 5.92 Å². The Morgan fingerprint density at radius 2 is 2.11 bits per heavy atom. The lowest BCUT2D eigenvalue weighted by Gasteiger charge is -2.07. The van der Waals surface area contributed by atoms with Crippen molar-refractivity contribution in [1.29, 1.82) is 0 Å². The Kier molecular flexibility index (Phi) is 3.06. The molecule has 0 atom stereocenters. The molecule has 0 saturated heterocycles. The Bertz CT molecular complexity index is 588. The number of aromatic nitrogens is 2. The van der Waals surface area contributed by atoms with Gasteiger partial charge in [-0.25, -0.2) is 9.48 Å². The lowest BCUT2D eigenvalue weighted by atomic mass is 10.0. The number of benzene rings is 1. The molecular weight excluding hydrogens is 232 g/mol. The van der Waals surface area contributed by atoms with Gasteiger partial charge in [-0.15, -0.1) is 0 Å². The van der Waals surface area contributed by atoms with E-state index in [4.69, 9.17) is 5.11 Å². The molecule has 1 aromatic carbocycles. The molecule has 0 aliphatic rings. The molecule has 5 nitrogen and oxygen atoms in total. The molecule has 0 amide bonds. The number of carboxylic acids is 1. The van der Waals surface area contributed by atoms with Gasteiger partial charge in [0.2, 0.25) is 5.69 Å². The summed E-state index contributed by atoms with van der Waals surface area (Å²) in [7, 11) is 0. The highest BCUT2D eigenvalue weighted by molar-refractivity contribution is 5.88. The van der Waals surface area contributed by atoms with Crippen molar-refractivity contribution in [2.24, 2.45) is 0 Å². The van der Waals surface area contributed by atoms with Crippen molar-refractivity contribution in [3.05, 3.63) is 41.7 Å². The summed E-state index contributed by atoms with van der Waals surface area (Å²) in [5.41, 5.74) is 1.51. The summed E-state index contributed by atoms with van der Waals surface area (Å²) in [6.45, 7) is 4.14. The highest BCUT2D eigenvalue weighted by Crippen LogP contribution is 2.21. The molecule has 0 fully saturated rings. The zero-order chi connectivity index (χ0) is 13.3. The van der Waals surface area contributed by atoms with Crippen LogP contribution in [0.25, 0.3) is 5.69 Å². The molecule has 0 saturated carbocycles. The van der Waals surface area contributed by atoms with Crippen LogP contribution in [0.5, 0.6) is 5.75 Å². The molecule has 5 heteroatoms. The minimum absolute atomic E-state index is 0.336. The summed E-state index contributed by atoms with van der Waals surface area (Å²) in [6, 6.07) is 7.60. The molecule has 2 aromatic rings. The van der Waals surface area contributed by atoms with Crippen molar-refractivity contribution in [1.82, 2.24) is 9.78 Å². The van der Waals surface area contributed by atoms with Crippen LogP contribution >= 0.6 is 0 Å². The predicted molar refractivity (Wildman–Crippen MR) is 66.3 cm³/mol. The average Bonchev–Trinajstić information content (AvgIpc) is 2.71. The Morgan fingerprint density at radius 3 is 2.67 bits per heavy atom. The first kappa shape index (κ1) is 12.2. The SMILES string of the molecule is CC(C)c1cccc(-n2cc(O)c(C(=O)O)n2)c1. The molecule has 0 spiro atoms. The molecule has 2 N–H and O–H groups in total. The van der Waals surface area contributed by atoms with Gasteiger partial charge in [-0.3, -0.25) is 0 Å². The third kappa shape index (κ3) is 2.20. The van der Waals surface area contributed by atoms with Gasteiger partial charge in [-0.2, -0.15) is 5.10 Å².